The Bertz CT molecular complexity index is 631. The Morgan fingerprint density at radius 2 is 2.00 bits per heavy atom. The van der Waals surface area contributed by atoms with Gasteiger partial charge in [-0.05, 0) is 25.9 Å². The standard InChI is InChI=1S/C14H14N4O2/c15-10-12-9-13(18(19)20)8-11(14(12)16)4-3-7-17-5-1-2-6-17/h8-9H,1-2,5-7,16H2. The maximum atomic E-state index is 10.8. The fourth-order valence-electron chi connectivity index (χ4n) is 2.13. The van der Waals surface area contributed by atoms with Crippen LogP contribution in [0, 0.1) is 33.3 Å². The summed E-state index contributed by atoms with van der Waals surface area (Å²) in [6.07, 6.45) is 2.36. The van der Waals surface area contributed by atoms with Crippen molar-refractivity contribution in [2.24, 2.45) is 0 Å². The van der Waals surface area contributed by atoms with Crippen LogP contribution in [0.2, 0.25) is 0 Å². The molecule has 2 rings (SSSR count). The normalized spacial score (nSPS) is 14.3. The number of nitrogen functional groups attached to an aromatic ring is 1. The zero-order chi connectivity index (χ0) is 14.5. The van der Waals surface area contributed by atoms with E-state index in [4.69, 9.17) is 11.0 Å². The van der Waals surface area contributed by atoms with Crippen molar-refractivity contribution in [1.29, 1.82) is 5.26 Å². The molecule has 1 aliphatic rings. The van der Waals surface area contributed by atoms with Crippen molar-refractivity contribution in [3.63, 3.8) is 0 Å². The summed E-state index contributed by atoms with van der Waals surface area (Å²) in [5, 5.41) is 19.8. The number of nitro benzene ring substituents is 1. The number of likely N-dealkylation sites (tertiary alicyclic amines) is 1. The molecule has 0 saturated carbocycles. The van der Waals surface area contributed by atoms with E-state index in [1.165, 1.54) is 25.0 Å². The van der Waals surface area contributed by atoms with E-state index in [0.29, 0.717) is 12.1 Å². The molecular formula is C14H14N4O2. The van der Waals surface area contributed by atoms with Crippen LogP contribution >= 0.6 is 0 Å². The fourth-order valence-corrected chi connectivity index (χ4v) is 2.13. The van der Waals surface area contributed by atoms with E-state index in [9.17, 15) is 10.1 Å². The van der Waals surface area contributed by atoms with Gasteiger partial charge in [-0.25, -0.2) is 0 Å². The van der Waals surface area contributed by atoms with E-state index in [2.05, 4.69) is 16.7 Å². The Kier molecular flexibility index (Phi) is 4.19. The van der Waals surface area contributed by atoms with Crippen LogP contribution in [0.3, 0.4) is 0 Å². The molecule has 102 valence electrons. The van der Waals surface area contributed by atoms with Crippen LogP contribution in [-0.4, -0.2) is 29.5 Å². The van der Waals surface area contributed by atoms with Crippen molar-refractivity contribution >= 4 is 11.4 Å². The molecule has 0 amide bonds. The van der Waals surface area contributed by atoms with E-state index in [-0.39, 0.29) is 16.9 Å². The molecule has 0 unspecified atom stereocenters. The van der Waals surface area contributed by atoms with Crippen molar-refractivity contribution in [1.82, 2.24) is 4.90 Å². The molecule has 0 aliphatic carbocycles. The topological polar surface area (TPSA) is 96.2 Å². The number of rotatable bonds is 2. The van der Waals surface area contributed by atoms with Gasteiger partial charge in [-0.1, -0.05) is 11.8 Å². The number of hydrogen-bond donors (Lipinski definition) is 1. The van der Waals surface area contributed by atoms with Crippen molar-refractivity contribution in [2.45, 2.75) is 12.8 Å². The monoisotopic (exact) mass is 270 g/mol. The van der Waals surface area contributed by atoms with Gasteiger partial charge in [-0.15, -0.1) is 0 Å². The molecule has 20 heavy (non-hydrogen) atoms. The molecule has 0 radical (unpaired) electrons. The van der Waals surface area contributed by atoms with Crippen LogP contribution in [0.1, 0.15) is 24.0 Å². The highest BCUT2D eigenvalue weighted by molar-refractivity contribution is 5.68. The summed E-state index contributed by atoms with van der Waals surface area (Å²) >= 11 is 0. The van der Waals surface area contributed by atoms with Gasteiger partial charge in [0.1, 0.15) is 6.07 Å². The lowest BCUT2D eigenvalue weighted by atomic mass is 10.1. The SMILES string of the molecule is N#Cc1cc([N+](=O)[O-])cc(C#CCN2CCCC2)c1N. The molecule has 2 N–H and O–H groups in total. The van der Waals surface area contributed by atoms with Crippen molar-refractivity contribution in [2.75, 3.05) is 25.4 Å². The number of non-ortho nitro benzene ring substituents is 1. The van der Waals surface area contributed by atoms with Gasteiger partial charge >= 0.3 is 0 Å². The summed E-state index contributed by atoms with van der Waals surface area (Å²) in [5.41, 5.74) is 6.26. The van der Waals surface area contributed by atoms with Gasteiger partial charge in [-0.2, -0.15) is 5.26 Å². The first kappa shape index (κ1) is 13.9. The molecule has 1 heterocycles. The second kappa shape index (κ2) is 6.05. The number of anilines is 1. The number of nitriles is 1. The van der Waals surface area contributed by atoms with Crippen molar-refractivity contribution in [3.05, 3.63) is 33.4 Å². The summed E-state index contributed by atoms with van der Waals surface area (Å²) < 4.78 is 0. The Morgan fingerprint density at radius 1 is 1.35 bits per heavy atom. The number of nitrogens with zero attached hydrogens (tertiary/aromatic N) is 3. The number of nitrogens with two attached hydrogens (primary N) is 1. The van der Waals surface area contributed by atoms with E-state index < -0.39 is 4.92 Å². The van der Waals surface area contributed by atoms with Gasteiger partial charge in [0.05, 0.1) is 28.3 Å². The van der Waals surface area contributed by atoms with Gasteiger partial charge < -0.3 is 5.73 Å². The van der Waals surface area contributed by atoms with Gasteiger partial charge in [0.2, 0.25) is 0 Å². The zero-order valence-electron chi connectivity index (χ0n) is 10.9. The van der Waals surface area contributed by atoms with Crippen LogP contribution in [0.5, 0.6) is 0 Å². The minimum atomic E-state index is -0.550. The molecule has 6 nitrogen and oxygen atoms in total. The minimum Gasteiger partial charge on any atom is -0.397 e. The lowest BCUT2D eigenvalue weighted by molar-refractivity contribution is -0.384. The van der Waals surface area contributed by atoms with Crippen LogP contribution in [0.15, 0.2) is 12.1 Å². The zero-order valence-corrected chi connectivity index (χ0v) is 10.9. The second-order valence-electron chi connectivity index (χ2n) is 4.61. The Labute approximate surface area is 116 Å². The molecule has 0 aromatic heterocycles. The Balaban J connectivity index is 2.26. The van der Waals surface area contributed by atoms with Crippen LogP contribution in [0.4, 0.5) is 11.4 Å². The molecule has 0 atom stereocenters. The summed E-state index contributed by atoms with van der Waals surface area (Å²) in [5.74, 6) is 5.80. The van der Waals surface area contributed by atoms with Gasteiger partial charge in [-0.3, -0.25) is 15.0 Å². The fraction of sp³-hybridized carbons (Fsp3) is 0.357. The minimum absolute atomic E-state index is 0.0877. The average molecular weight is 270 g/mol. The third-order valence-electron chi connectivity index (χ3n) is 3.22. The number of nitro groups is 1. The third-order valence-corrected chi connectivity index (χ3v) is 3.22. The highest BCUT2D eigenvalue weighted by atomic mass is 16.6. The quantitative estimate of drug-likeness (QED) is 0.380. The number of benzene rings is 1. The average Bonchev–Trinajstić information content (AvgIpc) is 2.93. The van der Waals surface area contributed by atoms with Gasteiger partial charge in [0.25, 0.3) is 5.69 Å². The van der Waals surface area contributed by atoms with Crippen LogP contribution < -0.4 is 5.73 Å². The van der Waals surface area contributed by atoms with E-state index in [1.54, 1.807) is 0 Å². The molecule has 1 aromatic rings. The maximum Gasteiger partial charge on any atom is 0.272 e. The van der Waals surface area contributed by atoms with Crippen molar-refractivity contribution in [3.8, 4) is 17.9 Å². The predicted molar refractivity (Wildman–Crippen MR) is 74.8 cm³/mol. The van der Waals surface area contributed by atoms with Crippen LogP contribution in [0.25, 0.3) is 0 Å². The summed E-state index contributed by atoms with van der Waals surface area (Å²) in [7, 11) is 0. The lowest BCUT2D eigenvalue weighted by Gasteiger charge is -2.08. The van der Waals surface area contributed by atoms with Gasteiger partial charge in [0.15, 0.2) is 0 Å². The lowest BCUT2D eigenvalue weighted by Crippen LogP contribution is -2.19. The van der Waals surface area contributed by atoms with E-state index >= 15 is 0 Å². The molecule has 0 spiro atoms. The molecular weight excluding hydrogens is 256 g/mol. The molecule has 1 aromatic carbocycles. The first-order valence-corrected chi connectivity index (χ1v) is 6.31. The first-order valence-electron chi connectivity index (χ1n) is 6.31. The molecule has 1 fully saturated rings. The third kappa shape index (κ3) is 3.05. The van der Waals surface area contributed by atoms with E-state index in [0.717, 1.165) is 13.1 Å². The van der Waals surface area contributed by atoms with Crippen molar-refractivity contribution < 1.29 is 4.92 Å². The summed E-state index contributed by atoms with van der Waals surface area (Å²) in [6, 6.07) is 4.34. The second-order valence-corrected chi connectivity index (χ2v) is 4.61. The predicted octanol–water partition coefficient (Wildman–Crippen LogP) is 1.50. The van der Waals surface area contributed by atoms with E-state index in [1.807, 2.05) is 6.07 Å². The molecule has 6 heteroatoms. The Morgan fingerprint density at radius 3 is 2.60 bits per heavy atom. The summed E-state index contributed by atoms with van der Waals surface area (Å²) in [6.45, 7) is 2.68. The molecule has 1 aliphatic heterocycles. The maximum absolute atomic E-state index is 10.8. The smallest absolute Gasteiger partial charge is 0.272 e. The van der Waals surface area contributed by atoms with Crippen LogP contribution in [-0.2, 0) is 0 Å². The largest absolute Gasteiger partial charge is 0.397 e. The molecule has 1 saturated heterocycles. The molecule has 0 bridgehead atoms. The number of hydrogen-bond acceptors (Lipinski definition) is 5. The highest BCUT2D eigenvalue weighted by Crippen LogP contribution is 2.23. The highest BCUT2D eigenvalue weighted by Gasteiger charge is 2.14. The summed E-state index contributed by atoms with van der Waals surface area (Å²) in [4.78, 5) is 12.5. The Hall–Kier alpha value is -2.57. The first-order chi connectivity index (χ1) is 9.61. The van der Waals surface area contributed by atoms with Gasteiger partial charge in [0, 0.05) is 12.1 Å².